The van der Waals surface area contributed by atoms with Gasteiger partial charge in [-0.25, -0.2) is 0 Å². The third-order valence-electron chi connectivity index (χ3n) is 7.00. The summed E-state index contributed by atoms with van der Waals surface area (Å²) in [5.41, 5.74) is 39.4. The van der Waals surface area contributed by atoms with E-state index in [0.29, 0.717) is 48.7 Å². The molecule has 254 valence electrons. The van der Waals surface area contributed by atoms with Gasteiger partial charge in [0.05, 0.1) is 11.1 Å². The van der Waals surface area contributed by atoms with Gasteiger partial charge >= 0.3 is 0 Å². The summed E-state index contributed by atoms with van der Waals surface area (Å²) in [6.07, 6.45) is 4.56. The van der Waals surface area contributed by atoms with Crippen LogP contribution < -0.4 is 54.5 Å². The van der Waals surface area contributed by atoms with Crippen molar-refractivity contribution >= 4 is 34.6 Å². The molecule has 0 radical (unpaired) electrons. The highest BCUT2D eigenvalue weighted by atomic mass is 16.5. The molecular formula is C34H54N8O4. The number of nitrogens with two attached hydrogens (primary N) is 6. The molecule has 0 unspecified atom stereocenters. The Kier molecular flexibility index (Phi) is 17.8. The Labute approximate surface area is 273 Å². The Morgan fingerprint density at radius 1 is 0.587 bits per heavy atom. The number of rotatable bonds is 18. The molecule has 0 saturated carbocycles. The van der Waals surface area contributed by atoms with Gasteiger partial charge in [0.1, 0.15) is 24.7 Å². The number of nitrogens with one attached hydrogen (secondary N) is 2. The molecule has 2 amide bonds. The van der Waals surface area contributed by atoms with Crippen LogP contribution in [0, 0.1) is 0 Å². The number of carbonyl (C=O) groups is 2. The molecule has 14 N–H and O–H groups in total. The number of carbonyl (C=O) groups excluding carboxylic acids is 2. The van der Waals surface area contributed by atoms with Gasteiger partial charge in [0, 0.05) is 41.9 Å². The normalized spacial score (nSPS) is 10.3. The van der Waals surface area contributed by atoms with Gasteiger partial charge in [-0.1, -0.05) is 27.0 Å². The van der Waals surface area contributed by atoms with E-state index in [2.05, 4.69) is 10.6 Å². The minimum Gasteiger partial charge on any atom is -0.491 e. The van der Waals surface area contributed by atoms with E-state index in [4.69, 9.17) is 43.9 Å². The van der Waals surface area contributed by atoms with Gasteiger partial charge in [0.25, 0.3) is 11.8 Å². The van der Waals surface area contributed by atoms with Gasteiger partial charge in [-0.3, -0.25) is 9.59 Å². The molecule has 0 fully saturated rings. The Hall–Kier alpha value is -4.36. The summed E-state index contributed by atoms with van der Waals surface area (Å²) in [6.45, 7) is 1.83. The van der Waals surface area contributed by atoms with E-state index in [-0.39, 0.29) is 63.8 Å². The second-order valence-electron chi connectivity index (χ2n) is 10.3. The first-order valence-corrected chi connectivity index (χ1v) is 15.0. The first-order chi connectivity index (χ1) is 21.3. The van der Waals surface area contributed by atoms with Gasteiger partial charge < -0.3 is 54.5 Å². The number of anilines is 4. The van der Waals surface area contributed by atoms with Crippen molar-refractivity contribution in [1.82, 2.24) is 0 Å². The topological polar surface area (TPSA) is 233 Å². The van der Waals surface area contributed by atoms with E-state index in [0.717, 1.165) is 36.8 Å². The number of unbranched alkanes of at least 4 members (excludes halogenated alkanes) is 2. The van der Waals surface area contributed by atoms with Gasteiger partial charge in [-0.15, -0.1) is 0 Å². The molecule has 0 saturated heterocycles. The molecule has 3 aromatic carbocycles. The number of nitrogen functional groups attached to an aromatic ring is 2. The van der Waals surface area contributed by atoms with Crippen LogP contribution >= 0.6 is 0 Å². The average molecular weight is 639 g/mol. The maximum atomic E-state index is 13.8. The molecule has 3 aromatic rings. The minimum absolute atomic E-state index is 0. The van der Waals surface area contributed by atoms with Crippen molar-refractivity contribution in [1.29, 1.82) is 0 Å². The summed E-state index contributed by atoms with van der Waals surface area (Å²) in [7, 11) is 0. The van der Waals surface area contributed by atoms with E-state index in [1.807, 2.05) is 0 Å². The van der Waals surface area contributed by atoms with Crippen LogP contribution in [0.1, 0.15) is 72.4 Å². The molecule has 0 spiro atoms. The minimum atomic E-state index is -0.492. The maximum Gasteiger partial charge on any atom is 0.259 e. The van der Waals surface area contributed by atoms with Crippen LogP contribution in [0.4, 0.5) is 22.7 Å². The molecule has 46 heavy (non-hydrogen) atoms. The first kappa shape index (κ1) is 39.7. The molecule has 0 atom stereocenters. The molecule has 0 aromatic heterocycles. The van der Waals surface area contributed by atoms with Gasteiger partial charge in [-0.05, 0) is 93.1 Å². The van der Waals surface area contributed by atoms with Crippen LogP contribution in [0.5, 0.6) is 11.5 Å². The summed E-state index contributed by atoms with van der Waals surface area (Å²) in [5, 5.41) is 5.91. The first-order valence-electron chi connectivity index (χ1n) is 15.0. The largest absolute Gasteiger partial charge is 0.491 e. The highest BCUT2D eigenvalue weighted by Gasteiger charge is 2.24. The van der Waals surface area contributed by atoms with Crippen molar-refractivity contribution in [3.63, 3.8) is 0 Å². The van der Waals surface area contributed by atoms with Crippen molar-refractivity contribution in [3.8, 4) is 11.5 Å². The summed E-state index contributed by atoms with van der Waals surface area (Å²) in [6, 6.07) is 13.6. The third-order valence-corrected chi connectivity index (χ3v) is 7.00. The fourth-order valence-corrected chi connectivity index (χ4v) is 4.77. The number of benzene rings is 3. The van der Waals surface area contributed by atoms with Crippen molar-refractivity contribution in [3.05, 3.63) is 70.8 Å². The Balaban J connectivity index is 0.00000529. The molecule has 12 nitrogen and oxygen atoms in total. The molecular weight excluding hydrogens is 584 g/mol. The quantitative estimate of drug-likeness (QED) is 0.0740. The lowest BCUT2D eigenvalue weighted by Gasteiger charge is -2.19. The maximum absolute atomic E-state index is 13.8. The van der Waals surface area contributed by atoms with Gasteiger partial charge in [-0.2, -0.15) is 0 Å². The second kappa shape index (κ2) is 20.6. The SMILES string of the molecule is C.C.NCCCCc1c(N)cccc1NC(=O)c1cc(C(=O)Nc2cccc(N)c2CCCCN)c(OCCN)cc1OCCN. The third kappa shape index (κ3) is 10.9. The van der Waals surface area contributed by atoms with E-state index >= 15 is 0 Å². The number of amides is 2. The standard InChI is InChI=1S/C32H46N8O4.2CH4/c33-13-3-1-7-21-25(37)9-5-11-27(21)39-31(41)23-19-24(30(44-18-16-36)20-29(23)43-17-15-35)32(42)40-28-12-6-10-26(38)22(28)8-2-4-14-34;;/h5-6,9-12,19-20H,1-4,7-8,13-18,33-38H2,(H,39,41)(H,40,42);2*1H4. The van der Waals surface area contributed by atoms with Crippen molar-refractivity contribution < 1.29 is 19.1 Å². The zero-order chi connectivity index (χ0) is 31.9. The fourth-order valence-electron chi connectivity index (χ4n) is 4.77. The lowest BCUT2D eigenvalue weighted by atomic mass is 10.0. The monoisotopic (exact) mass is 638 g/mol. The summed E-state index contributed by atoms with van der Waals surface area (Å²) >= 11 is 0. The fraction of sp³-hybridized carbons (Fsp3) is 0.412. The number of hydrogen-bond donors (Lipinski definition) is 8. The van der Waals surface area contributed by atoms with Crippen LogP contribution in [0.25, 0.3) is 0 Å². The molecule has 0 bridgehead atoms. The van der Waals surface area contributed by atoms with Crippen LogP contribution in [-0.2, 0) is 12.8 Å². The second-order valence-corrected chi connectivity index (χ2v) is 10.3. The lowest BCUT2D eigenvalue weighted by molar-refractivity contribution is 0.102. The zero-order valence-electron chi connectivity index (χ0n) is 25.2. The highest BCUT2D eigenvalue weighted by molar-refractivity contribution is 6.12. The predicted molar refractivity (Wildman–Crippen MR) is 191 cm³/mol. The van der Waals surface area contributed by atoms with E-state index in [9.17, 15) is 9.59 Å². The summed E-state index contributed by atoms with van der Waals surface area (Å²) in [5.74, 6) is -0.574. The smallest absolute Gasteiger partial charge is 0.259 e. The van der Waals surface area contributed by atoms with Crippen molar-refractivity contribution in [2.75, 3.05) is 61.5 Å². The van der Waals surface area contributed by atoms with Gasteiger partial charge in [0.2, 0.25) is 0 Å². The average Bonchev–Trinajstić information content (AvgIpc) is 3.01. The van der Waals surface area contributed by atoms with Crippen LogP contribution in [-0.4, -0.2) is 51.2 Å². The van der Waals surface area contributed by atoms with E-state index < -0.39 is 11.8 Å². The summed E-state index contributed by atoms with van der Waals surface area (Å²) < 4.78 is 11.7. The van der Waals surface area contributed by atoms with Crippen molar-refractivity contribution in [2.45, 2.75) is 53.4 Å². The van der Waals surface area contributed by atoms with Crippen LogP contribution in [0.15, 0.2) is 48.5 Å². The molecule has 0 heterocycles. The Morgan fingerprint density at radius 3 is 1.37 bits per heavy atom. The van der Waals surface area contributed by atoms with Gasteiger partial charge in [0.15, 0.2) is 0 Å². The molecule has 12 heteroatoms. The van der Waals surface area contributed by atoms with Crippen LogP contribution in [0.3, 0.4) is 0 Å². The van der Waals surface area contributed by atoms with Crippen molar-refractivity contribution in [2.24, 2.45) is 22.9 Å². The number of hydrogen-bond acceptors (Lipinski definition) is 10. The van der Waals surface area contributed by atoms with E-state index in [1.165, 1.54) is 12.1 Å². The highest BCUT2D eigenvalue weighted by Crippen LogP contribution is 2.33. The lowest BCUT2D eigenvalue weighted by Crippen LogP contribution is -2.21. The van der Waals surface area contributed by atoms with E-state index in [1.54, 1.807) is 36.4 Å². The Morgan fingerprint density at radius 2 is 1.00 bits per heavy atom. The molecule has 0 aliphatic heterocycles. The molecule has 0 aliphatic carbocycles. The zero-order valence-corrected chi connectivity index (χ0v) is 25.2. The predicted octanol–water partition coefficient (Wildman–Crippen LogP) is 3.87. The number of ether oxygens (including phenoxy) is 2. The molecule has 3 rings (SSSR count). The Bertz CT molecular complexity index is 1300. The summed E-state index contributed by atoms with van der Waals surface area (Å²) in [4.78, 5) is 27.6. The van der Waals surface area contributed by atoms with Crippen LogP contribution in [0.2, 0.25) is 0 Å². The molecule has 0 aliphatic rings.